The van der Waals surface area contributed by atoms with Gasteiger partial charge in [-0.25, -0.2) is 13.8 Å². The van der Waals surface area contributed by atoms with Crippen LogP contribution in [0.4, 0.5) is 8.78 Å². The van der Waals surface area contributed by atoms with Crippen LogP contribution in [-0.4, -0.2) is 28.8 Å². The second kappa shape index (κ2) is 10.2. The van der Waals surface area contributed by atoms with Gasteiger partial charge in [0.15, 0.2) is 5.96 Å². The van der Waals surface area contributed by atoms with Crippen LogP contribution >= 0.6 is 24.0 Å². The van der Waals surface area contributed by atoms with Gasteiger partial charge in [-0.2, -0.15) is 5.10 Å². The molecule has 0 saturated heterocycles. The molecule has 0 saturated carbocycles. The summed E-state index contributed by atoms with van der Waals surface area (Å²) in [6, 6.07) is 5.38. The lowest BCUT2D eigenvalue weighted by atomic mass is 10.1. The Hall–Kier alpha value is -1.71. The van der Waals surface area contributed by atoms with Crippen LogP contribution in [0.15, 0.2) is 35.5 Å². The number of guanidine groups is 1. The number of hydrogen-bond acceptors (Lipinski definition) is 2. The van der Waals surface area contributed by atoms with Crippen molar-refractivity contribution in [2.45, 2.75) is 19.9 Å². The van der Waals surface area contributed by atoms with Gasteiger partial charge in [0, 0.05) is 26.3 Å². The monoisotopic (exact) mass is 449 g/mol. The number of benzene rings is 1. The van der Waals surface area contributed by atoms with E-state index >= 15 is 0 Å². The van der Waals surface area contributed by atoms with Crippen molar-refractivity contribution in [3.63, 3.8) is 0 Å². The fraction of sp³-hybridized carbons (Fsp3) is 0.375. The molecule has 5 nitrogen and oxygen atoms in total. The van der Waals surface area contributed by atoms with Crippen LogP contribution in [0.25, 0.3) is 0 Å². The molecule has 24 heavy (non-hydrogen) atoms. The van der Waals surface area contributed by atoms with Gasteiger partial charge in [0.1, 0.15) is 11.6 Å². The van der Waals surface area contributed by atoms with Gasteiger partial charge < -0.3 is 10.6 Å². The van der Waals surface area contributed by atoms with Gasteiger partial charge in [0.05, 0.1) is 12.2 Å². The molecule has 8 heteroatoms. The second-order valence-corrected chi connectivity index (χ2v) is 5.05. The molecule has 0 atom stereocenters. The zero-order chi connectivity index (χ0) is 16.7. The van der Waals surface area contributed by atoms with Crippen LogP contribution in [0, 0.1) is 11.6 Å². The summed E-state index contributed by atoms with van der Waals surface area (Å²) in [7, 11) is 1.86. The molecule has 0 radical (unpaired) electrons. The standard InChI is InChI=1S/C16H21F2N5.HI/c1-3-19-16(21-11-14-7-9-22-23(14)2)20-8-6-12-10-13(17)4-5-15(12)18;/h4-5,7,9-10H,3,6,8,11H2,1-2H3,(H2,19,20,21);1H. The molecule has 0 fully saturated rings. The lowest BCUT2D eigenvalue weighted by molar-refractivity contribution is 0.583. The van der Waals surface area contributed by atoms with Crippen LogP contribution in [0.1, 0.15) is 18.2 Å². The summed E-state index contributed by atoms with van der Waals surface area (Å²) in [6.07, 6.45) is 2.09. The zero-order valence-corrected chi connectivity index (χ0v) is 16.1. The summed E-state index contributed by atoms with van der Waals surface area (Å²) in [4.78, 5) is 4.45. The first-order chi connectivity index (χ1) is 11.1. The molecule has 132 valence electrons. The molecule has 1 aromatic heterocycles. The van der Waals surface area contributed by atoms with Crippen molar-refractivity contribution in [3.8, 4) is 0 Å². The summed E-state index contributed by atoms with van der Waals surface area (Å²) in [5, 5.41) is 10.3. The van der Waals surface area contributed by atoms with E-state index in [1.165, 1.54) is 6.07 Å². The average Bonchev–Trinajstić information content (AvgIpc) is 2.93. The maximum atomic E-state index is 13.6. The molecule has 0 unspecified atom stereocenters. The fourth-order valence-corrected chi connectivity index (χ4v) is 2.11. The van der Waals surface area contributed by atoms with Crippen LogP contribution < -0.4 is 10.6 Å². The van der Waals surface area contributed by atoms with Crippen LogP contribution in [0.3, 0.4) is 0 Å². The Kier molecular flexibility index (Phi) is 8.66. The Morgan fingerprint density at radius 3 is 2.71 bits per heavy atom. The molecular formula is C16H22F2IN5. The minimum absolute atomic E-state index is 0. The third-order valence-corrected chi connectivity index (χ3v) is 3.36. The summed E-state index contributed by atoms with van der Waals surface area (Å²) in [5.74, 6) is -0.200. The van der Waals surface area contributed by atoms with Crippen molar-refractivity contribution in [1.29, 1.82) is 0 Å². The highest BCUT2D eigenvalue weighted by atomic mass is 127. The molecule has 1 heterocycles. The molecule has 2 rings (SSSR count). The van der Waals surface area contributed by atoms with Gasteiger partial charge in [0.25, 0.3) is 0 Å². The number of aliphatic imine (C=N–C) groups is 1. The smallest absolute Gasteiger partial charge is 0.191 e. The van der Waals surface area contributed by atoms with E-state index in [9.17, 15) is 8.78 Å². The van der Waals surface area contributed by atoms with Crippen molar-refractivity contribution >= 4 is 29.9 Å². The molecule has 0 aliphatic heterocycles. The van der Waals surface area contributed by atoms with Crippen molar-refractivity contribution in [2.24, 2.45) is 12.0 Å². The van der Waals surface area contributed by atoms with Gasteiger partial charge in [-0.15, -0.1) is 24.0 Å². The predicted molar refractivity (Wildman–Crippen MR) is 102 cm³/mol. The Bertz CT molecular complexity index is 672. The maximum Gasteiger partial charge on any atom is 0.191 e. The molecule has 0 amide bonds. The first-order valence-electron chi connectivity index (χ1n) is 7.53. The Morgan fingerprint density at radius 1 is 1.25 bits per heavy atom. The number of aryl methyl sites for hydroxylation is 1. The van der Waals surface area contributed by atoms with E-state index in [1.807, 2.05) is 20.0 Å². The largest absolute Gasteiger partial charge is 0.357 e. The van der Waals surface area contributed by atoms with Gasteiger partial charge >= 0.3 is 0 Å². The minimum atomic E-state index is -0.432. The molecule has 1 aromatic carbocycles. The normalized spacial score (nSPS) is 11.1. The third-order valence-electron chi connectivity index (χ3n) is 3.36. The number of nitrogens with one attached hydrogen (secondary N) is 2. The fourth-order valence-electron chi connectivity index (χ4n) is 2.11. The van der Waals surface area contributed by atoms with Gasteiger partial charge in [-0.3, -0.25) is 4.68 Å². The average molecular weight is 449 g/mol. The number of nitrogens with zero attached hydrogens (tertiary/aromatic N) is 3. The highest BCUT2D eigenvalue weighted by Crippen LogP contribution is 2.09. The van der Waals surface area contributed by atoms with Crippen LogP contribution in [0.5, 0.6) is 0 Å². The maximum absolute atomic E-state index is 13.6. The van der Waals surface area contributed by atoms with Gasteiger partial charge in [-0.1, -0.05) is 0 Å². The number of rotatable bonds is 6. The van der Waals surface area contributed by atoms with E-state index in [-0.39, 0.29) is 24.0 Å². The van der Waals surface area contributed by atoms with E-state index < -0.39 is 11.6 Å². The molecule has 0 bridgehead atoms. The first kappa shape index (κ1) is 20.3. The van der Waals surface area contributed by atoms with Crippen LogP contribution in [0.2, 0.25) is 0 Å². The van der Waals surface area contributed by atoms with Crippen LogP contribution in [-0.2, 0) is 20.0 Å². The topological polar surface area (TPSA) is 54.2 Å². The summed E-state index contributed by atoms with van der Waals surface area (Å²) < 4.78 is 28.5. The van der Waals surface area contributed by atoms with Crippen molar-refractivity contribution < 1.29 is 8.78 Å². The zero-order valence-electron chi connectivity index (χ0n) is 13.7. The Balaban J connectivity index is 0.00000288. The van der Waals surface area contributed by atoms with E-state index in [0.717, 1.165) is 17.8 Å². The van der Waals surface area contributed by atoms with E-state index in [4.69, 9.17) is 0 Å². The van der Waals surface area contributed by atoms with E-state index in [1.54, 1.807) is 10.9 Å². The molecule has 0 spiro atoms. The summed E-state index contributed by atoms with van der Waals surface area (Å²) >= 11 is 0. The predicted octanol–water partition coefficient (Wildman–Crippen LogP) is 2.61. The molecular weight excluding hydrogens is 427 g/mol. The van der Waals surface area contributed by atoms with Crippen molar-refractivity contribution in [1.82, 2.24) is 20.4 Å². The quantitative estimate of drug-likeness (QED) is 0.405. The first-order valence-corrected chi connectivity index (χ1v) is 7.53. The van der Waals surface area contributed by atoms with Gasteiger partial charge in [-0.05, 0) is 43.2 Å². The SMILES string of the molecule is CCNC(=NCc1ccnn1C)NCCc1cc(F)ccc1F.I. The Labute approximate surface area is 157 Å². The molecule has 2 N–H and O–H groups in total. The summed E-state index contributed by atoms with van der Waals surface area (Å²) in [5.41, 5.74) is 1.33. The third kappa shape index (κ3) is 6.06. The van der Waals surface area contributed by atoms with E-state index in [0.29, 0.717) is 37.6 Å². The lowest BCUT2D eigenvalue weighted by Crippen LogP contribution is -2.38. The second-order valence-electron chi connectivity index (χ2n) is 5.05. The highest BCUT2D eigenvalue weighted by molar-refractivity contribution is 14.0. The lowest BCUT2D eigenvalue weighted by Gasteiger charge is -2.11. The molecule has 0 aliphatic rings. The number of halogens is 3. The number of aromatic nitrogens is 2. The number of hydrogen-bond donors (Lipinski definition) is 2. The summed E-state index contributed by atoms with van der Waals surface area (Å²) in [6.45, 7) is 3.62. The highest BCUT2D eigenvalue weighted by Gasteiger charge is 2.05. The van der Waals surface area contributed by atoms with Crippen molar-refractivity contribution in [3.05, 3.63) is 53.4 Å². The van der Waals surface area contributed by atoms with Crippen molar-refractivity contribution in [2.75, 3.05) is 13.1 Å². The Morgan fingerprint density at radius 2 is 2.04 bits per heavy atom. The van der Waals surface area contributed by atoms with E-state index in [2.05, 4.69) is 20.7 Å². The minimum Gasteiger partial charge on any atom is -0.357 e. The molecule has 2 aromatic rings. The molecule has 0 aliphatic carbocycles. The van der Waals surface area contributed by atoms with Gasteiger partial charge in [0.2, 0.25) is 0 Å².